The van der Waals surface area contributed by atoms with Gasteiger partial charge in [0.15, 0.2) is 5.78 Å². The van der Waals surface area contributed by atoms with E-state index in [-0.39, 0.29) is 23.5 Å². The Morgan fingerprint density at radius 3 is 2.55 bits per heavy atom. The Morgan fingerprint density at radius 1 is 1.15 bits per heavy atom. The molecular weight excluding hydrogens is 255 g/mol. The summed E-state index contributed by atoms with van der Waals surface area (Å²) in [6, 6.07) is 10.2. The number of methoxy groups -OCH3 is 1. The standard InChI is InChI=1S/C17H17FO2/c1-11-7-8-13(9-12(11)2)10-15(19)17-14(18)5-4-6-16(17)20-3/h4-9H,10H2,1-3H3. The fraction of sp³-hybridized carbons (Fsp3) is 0.235. The van der Waals surface area contributed by atoms with Crippen LogP contribution in [0.1, 0.15) is 27.0 Å². The summed E-state index contributed by atoms with van der Waals surface area (Å²) >= 11 is 0. The number of hydrogen-bond donors (Lipinski definition) is 0. The van der Waals surface area contributed by atoms with E-state index in [9.17, 15) is 9.18 Å². The van der Waals surface area contributed by atoms with Crippen molar-refractivity contribution in [1.82, 2.24) is 0 Å². The van der Waals surface area contributed by atoms with Crippen LogP contribution >= 0.6 is 0 Å². The molecule has 0 bridgehead atoms. The van der Waals surface area contributed by atoms with Crippen molar-refractivity contribution in [3.8, 4) is 5.75 Å². The average Bonchev–Trinajstić information content (AvgIpc) is 2.42. The molecule has 0 heterocycles. The van der Waals surface area contributed by atoms with E-state index < -0.39 is 5.82 Å². The first-order valence-corrected chi connectivity index (χ1v) is 6.44. The lowest BCUT2D eigenvalue weighted by molar-refractivity contribution is 0.0986. The van der Waals surface area contributed by atoms with Crippen LogP contribution in [0, 0.1) is 19.7 Å². The van der Waals surface area contributed by atoms with Crippen LogP contribution in [-0.4, -0.2) is 12.9 Å². The number of aryl methyl sites for hydroxylation is 2. The Morgan fingerprint density at radius 2 is 1.90 bits per heavy atom. The summed E-state index contributed by atoms with van der Waals surface area (Å²) < 4.78 is 18.9. The molecular formula is C17H17FO2. The van der Waals surface area contributed by atoms with Crippen LogP contribution in [0.15, 0.2) is 36.4 Å². The zero-order valence-electron chi connectivity index (χ0n) is 11.9. The summed E-state index contributed by atoms with van der Waals surface area (Å²) in [4.78, 5) is 12.3. The molecule has 0 unspecified atom stereocenters. The SMILES string of the molecule is COc1cccc(F)c1C(=O)Cc1ccc(C)c(C)c1. The molecule has 0 saturated heterocycles. The molecule has 0 aromatic heterocycles. The molecule has 20 heavy (non-hydrogen) atoms. The monoisotopic (exact) mass is 272 g/mol. The number of carbonyl (C=O) groups excluding carboxylic acids is 1. The van der Waals surface area contributed by atoms with Crippen LogP contribution in [0.2, 0.25) is 0 Å². The quantitative estimate of drug-likeness (QED) is 0.790. The number of rotatable bonds is 4. The maximum absolute atomic E-state index is 13.8. The predicted molar refractivity (Wildman–Crippen MR) is 76.9 cm³/mol. The summed E-state index contributed by atoms with van der Waals surface area (Å²) in [5.41, 5.74) is 3.19. The Kier molecular flexibility index (Phi) is 4.18. The first kappa shape index (κ1) is 14.3. The minimum Gasteiger partial charge on any atom is -0.496 e. The van der Waals surface area contributed by atoms with Crippen molar-refractivity contribution < 1.29 is 13.9 Å². The third-order valence-electron chi connectivity index (χ3n) is 3.41. The highest BCUT2D eigenvalue weighted by atomic mass is 19.1. The summed E-state index contributed by atoms with van der Waals surface area (Å²) in [6.07, 6.45) is 0.165. The Balaban J connectivity index is 2.30. The molecule has 104 valence electrons. The first-order valence-electron chi connectivity index (χ1n) is 6.44. The van der Waals surface area contributed by atoms with Gasteiger partial charge in [-0.05, 0) is 42.7 Å². The highest BCUT2D eigenvalue weighted by molar-refractivity contribution is 6.00. The van der Waals surface area contributed by atoms with Gasteiger partial charge in [0, 0.05) is 6.42 Å². The maximum Gasteiger partial charge on any atom is 0.173 e. The lowest BCUT2D eigenvalue weighted by Crippen LogP contribution is -2.08. The number of Topliss-reactive ketones (excluding diaryl/α,β-unsaturated/α-hetero) is 1. The third kappa shape index (κ3) is 2.87. The molecule has 0 aliphatic rings. The Labute approximate surface area is 118 Å². The van der Waals surface area contributed by atoms with Crippen molar-refractivity contribution in [1.29, 1.82) is 0 Å². The van der Waals surface area contributed by atoms with Gasteiger partial charge in [0.1, 0.15) is 11.6 Å². The number of halogens is 1. The van der Waals surface area contributed by atoms with Crippen LogP contribution in [0.3, 0.4) is 0 Å². The lowest BCUT2D eigenvalue weighted by atomic mass is 9.99. The largest absolute Gasteiger partial charge is 0.496 e. The van der Waals surface area contributed by atoms with Crippen molar-refractivity contribution in [2.24, 2.45) is 0 Å². The van der Waals surface area contributed by atoms with E-state index in [4.69, 9.17) is 4.74 Å². The number of hydrogen-bond acceptors (Lipinski definition) is 2. The second-order valence-electron chi connectivity index (χ2n) is 4.84. The summed E-state index contributed by atoms with van der Waals surface area (Å²) in [7, 11) is 1.43. The van der Waals surface area contributed by atoms with Gasteiger partial charge >= 0.3 is 0 Å². The number of carbonyl (C=O) groups is 1. The van der Waals surface area contributed by atoms with Crippen molar-refractivity contribution in [2.45, 2.75) is 20.3 Å². The van der Waals surface area contributed by atoms with Gasteiger partial charge in [-0.3, -0.25) is 4.79 Å². The fourth-order valence-electron chi connectivity index (χ4n) is 2.13. The maximum atomic E-state index is 13.8. The average molecular weight is 272 g/mol. The molecule has 0 fully saturated rings. The number of ether oxygens (including phenoxy) is 1. The second-order valence-corrected chi connectivity index (χ2v) is 4.84. The summed E-state index contributed by atoms with van der Waals surface area (Å²) in [5, 5.41) is 0. The summed E-state index contributed by atoms with van der Waals surface area (Å²) in [6.45, 7) is 4.01. The summed E-state index contributed by atoms with van der Waals surface area (Å²) in [5.74, 6) is -0.541. The zero-order chi connectivity index (χ0) is 14.7. The predicted octanol–water partition coefficient (Wildman–Crippen LogP) is 3.88. The van der Waals surface area contributed by atoms with Crippen molar-refractivity contribution >= 4 is 5.78 Å². The second kappa shape index (κ2) is 5.87. The van der Waals surface area contributed by atoms with Gasteiger partial charge in [0.05, 0.1) is 12.7 Å². The van der Waals surface area contributed by atoms with E-state index in [1.54, 1.807) is 6.07 Å². The van der Waals surface area contributed by atoms with Crippen LogP contribution in [0.5, 0.6) is 5.75 Å². The molecule has 0 N–H and O–H groups in total. The highest BCUT2D eigenvalue weighted by Gasteiger charge is 2.17. The van der Waals surface area contributed by atoms with Gasteiger partial charge in [0.25, 0.3) is 0 Å². The van der Waals surface area contributed by atoms with Gasteiger partial charge in [-0.25, -0.2) is 4.39 Å². The zero-order valence-corrected chi connectivity index (χ0v) is 11.9. The van der Waals surface area contributed by atoms with Gasteiger partial charge in [-0.15, -0.1) is 0 Å². The normalized spacial score (nSPS) is 10.4. The van der Waals surface area contributed by atoms with E-state index in [1.165, 1.54) is 24.8 Å². The minimum absolute atomic E-state index is 0.0215. The molecule has 3 heteroatoms. The van der Waals surface area contributed by atoms with E-state index in [1.807, 2.05) is 32.0 Å². The molecule has 2 nitrogen and oxygen atoms in total. The molecule has 0 atom stereocenters. The molecule has 2 aromatic carbocycles. The van der Waals surface area contributed by atoms with Crippen LogP contribution in [0.25, 0.3) is 0 Å². The highest BCUT2D eigenvalue weighted by Crippen LogP contribution is 2.23. The van der Waals surface area contributed by atoms with Gasteiger partial charge in [-0.1, -0.05) is 24.3 Å². The fourth-order valence-corrected chi connectivity index (χ4v) is 2.13. The molecule has 0 radical (unpaired) electrons. The molecule has 0 amide bonds. The van der Waals surface area contributed by atoms with E-state index in [0.29, 0.717) is 0 Å². The van der Waals surface area contributed by atoms with Gasteiger partial charge in [0.2, 0.25) is 0 Å². The van der Waals surface area contributed by atoms with E-state index in [0.717, 1.165) is 11.1 Å². The molecule has 0 saturated carbocycles. The molecule has 2 aromatic rings. The number of benzene rings is 2. The lowest BCUT2D eigenvalue weighted by Gasteiger charge is -2.09. The molecule has 2 rings (SSSR count). The van der Waals surface area contributed by atoms with Crippen LogP contribution < -0.4 is 4.74 Å². The van der Waals surface area contributed by atoms with Crippen LogP contribution in [-0.2, 0) is 6.42 Å². The third-order valence-corrected chi connectivity index (χ3v) is 3.41. The molecule has 0 aliphatic heterocycles. The molecule has 0 spiro atoms. The Bertz CT molecular complexity index is 647. The van der Waals surface area contributed by atoms with Crippen molar-refractivity contribution in [3.63, 3.8) is 0 Å². The van der Waals surface area contributed by atoms with Crippen LogP contribution in [0.4, 0.5) is 4.39 Å². The molecule has 0 aliphatic carbocycles. The smallest absolute Gasteiger partial charge is 0.173 e. The van der Waals surface area contributed by atoms with Crippen molar-refractivity contribution in [3.05, 3.63) is 64.5 Å². The van der Waals surface area contributed by atoms with Gasteiger partial charge < -0.3 is 4.74 Å². The van der Waals surface area contributed by atoms with Gasteiger partial charge in [-0.2, -0.15) is 0 Å². The topological polar surface area (TPSA) is 26.3 Å². The number of ketones is 1. The minimum atomic E-state index is -0.543. The van der Waals surface area contributed by atoms with E-state index >= 15 is 0 Å². The first-order chi connectivity index (χ1) is 9.52. The van der Waals surface area contributed by atoms with E-state index in [2.05, 4.69) is 0 Å². The Hall–Kier alpha value is -2.16. The van der Waals surface area contributed by atoms with Crippen molar-refractivity contribution in [2.75, 3.05) is 7.11 Å².